The second-order valence-corrected chi connectivity index (χ2v) is 4.87. The van der Waals surface area contributed by atoms with E-state index < -0.39 is 5.82 Å². The minimum absolute atomic E-state index is 0.0518. The maximum Gasteiger partial charge on any atom is 0.252 e. The highest BCUT2D eigenvalue weighted by Gasteiger charge is 2.31. The standard InChI is InChI=1S/C16H18FNO3/c1-2-21-14-9-13(10-14)18-16(20)15-8-12(17)6-5-11(15)4-3-7-19/h5-6,8,13-14,19H,2,7,9-10H2,1H3,(H,18,20). The van der Waals surface area contributed by atoms with E-state index in [4.69, 9.17) is 9.84 Å². The van der Waals surface area contributed by atoms with Gasteiger partial charge in [0.05, 0.1) is 11.7 Å². The number of hydrogen-bond donors (Lipinski definition) is 2. The number of carbonyl (C=O) groups is 1. The Kier molecular flexibility index (Phi) is 5.32. The normalized spacial score (nSPS) is 20.1. The van der Waals surface area contributed by atoms with E-state index in [1.165, 1.54) is 12.1 Å². The van der Waals surface area contributed by atoms with Crippen molar-refractivity contribution in [2.24, 2.45) is 0 Å². The minimum Gasteiger partial charge on any atom is -0.384 e. The quantitative estimate of drug-likeness (QED) is 0.826. The van der Waals surface area contributed by atoms with E-state index in [-0.39, 0.29) is 30.2 Å². The highest BCUT2D eigenvalue weighted by molar-refractivity contribution is 5.97. The molecule has 1 saturated carbocycles. The first-order chi connectivity index (χ1) is 10.1. The summed E-state index contributed by atoms with van der Waals surface area (Å²) in [4.78, 5) is 12.2. The van der Waals surface area contributed by atoms with Crippen molar-refractivity contribution >= 4 is 5.91 Å². The molecule has 112 valence electrons. The van der Waals surface area contributed by atoms with Crippen molar-refractivity contribution in [2.75, 3.05) is 13.2 Å². The van der Waals surface area contributed by atoms with Crippen molar-refractivity contribution < 1.29 is 19.0 Å². The first kappa shape index (κ1) is 15.5. The lowest BCUT2D eigenvalue weighted by Gasteiger charge is -2.35. The molecule has 2 N–H and O–H groups in total. The van der Waals surface area contributed by atoms with Gasteiger partial charge in [-0.05, 0) is 38.0 Å². The number of carbonyl (C=O) groups excluding carboxylic acids is 1. The zero-order valence-electron chi connectivity index (χ0n) is 11.9. The lowest BCUT2D eigenvalue weighted by atomic mass is 9.89. The Bertz CT molecular complexity index is 571. The largest absolute Gasteiger partial charge is 0.384 e. The minimum atomic E-state index is -0.490. The summed E-state index contributed by atoms with van der Waals surface area (Å²) in [5.41, 5.74) is 0.597. The van der Waals surface area contributed by atoms with E-state index in [1.807, 2.05) is 6.92 Å². The highest BCUT2D eigenvalue weighted by atomic mass is 19.1. The first-order valence-corrected chi connectivity index (χ1v) is 6.95. The second kappa shape index (κ2) is 7.21. The van der Waals surface area contributed by atoms with Crippen LogP contribution in [0.1, 0.15) is 35.7 Å². The fourth-order valence-electron chi connectivity index (χ4n) is 2.27. The number of halogens is 1. The van der Waals surface area contributed by atoms with E-state index in [2.05, 4.69) is 17.2 Å². The van der Waals surface area contributed by atoms with Crippen LogP contribution in [0.4, 0.5) is 4.39 Å². The molecule has 0 heterocycles. The Morgan fingerprint density at radius 2 is 2.29 bits per heavy atom. The molecule has 0 spiro atoms. The molecule has 0 aliphatic heterocycles. The Hall–Kier alpha value is -1.90. The molecule has 0 saturated heterocycles. The van der Waals surface area contributed by atoms with Crippen LogP contribution in [0.25, 0.3) is 0 Å². The summed E-state index contributed by atoms with van der Waals surface area (Å²) in [5.74, 6) is 4.28. The third-order valence-electron chi connectivity index (χ3n) is 3.36. The number of ether oxygens (including phenoxy) is 1. The third-order valence-corrected chi connectivity index (χ3v) is 3.36. The van der Waals surface area contributed by atoms with Gasteiger partial charge < -0.3 is 15.2 Å². The lowest BCUT2D eigenvalue weighted by Crippen LogP contribution is -2.48. The molecule has 1 aliphatic carbocycles. The van der Waals surface area contributed by atoms with Crippen molar-refractivity contribution in [3.8, 4) is 11.8 Å². The molecule has 5 heteroatoms. The molecule has 0 aromatic heterocycles. The molecule has 0 bridgehead atoms. The zero-order valence-corrected chi connectivity index (χ0v) is 11.9. The number of aliphatic hydroxyl groups is 1. The lowest BCUT2D eigenvalue weighted by molar-refractivity contribution is -0.00863. The van der Waals surface area contributed by atoms with Gasteiger partial charge in [0.25, 0.3) is 5.91 Å². The summed E-state index contributed by atoms with van der Waals surface area (Å²) in [6, 6.07) is 3.90. The van der Waals surface area contributed by atoms with Gasteiger partial charge in [-0.3, -0.25) is 4.79 Å². The van der Waals surface area contributed by atoms with Gasteiger partial charge in [-0.25, -0.2) is 4.39 Å². The van der Waals surface area contributed by atoms with Gasteiger partial charge in [-0.15, -0.1) is 0 Å². The molecule has 1 fully saturated rings. The molecule has 1 amide bonds. The predicted octanol–water partition coefficient (Wildman–Crippen LogP) is 1.47. The van der Waals surface area contributed by atoms with Crippen LogP contribution in [0.15, 0.2) is 18.2 Å². The van der Waals surface area contributed by atoms with Crippen LogP contribution >= 0.6 is 0 Å². The molecular weight excluding hydrogens is 273 g/mol. The number of nitrogens with one attached hydrogen (secondary N) is 1. The first-order valence-electron chi connectivity index (χ1n) is 6.95. The summed E-state index contributed by atoms with van der Waals surface area (Å²) in [5, 5.41) is 11.6. The topological polar surface area (TPSA) is 58.6 Å². The molecule has 1 aliphatic rings. The van der Waals surface area contributed by atoms with E-state index >= 15 is 0 Å². The summed E-state index contributed by atoms with van der Waals surface area (Å²) in [7, 11) is 0. The SMILES string of the molecule is CCOC1CC(NC(=O)c2cc(F)ccc2C#CCO)C1. The Morgan fingerprint density at radius 1 is 1.52 bits per heavy atom. The van der Waals surface area contributed by atoms with Crippen molar-refractivity contribution in [2.45, 2.75) is 31.9 Å². The smallest absolute Gasteiger partial charge is 0.252 e. The third kappa shape index (κ3) is 4.03. The molecule has 4 nitrogen and oxygen atoms in total. The summed E-state index contributed by atoms with van der Waals surface area (Å²) < 4.78 is 18.8. The molecule has 0 atom stereocenters. The summed E-state index contributed by atoms with van der Waals surface area (Å²) in [6.45, 7) is 2.29. The average Bonchev–Trinajstić information content (AvgIpc) is 2.43. The van der Waals surface area contributed by atoms with Gasteiger partial charge in [-0.1, -0.05) is 11.8 Å². The Labute approximate surface area is 123 Å². The number of benzene rings is 1. The van der Waals surface area contributed by atoms with Crippen molar-refractivity contribution in [3.05, 3.63) is 35.1 Å². The highest BCUT2D eigenvalue weighted by Crippen LogP contribution is 2.24. The molecule has 0 unspecified atom stereocenters. The van der Waals surface area contributed by atoms with E-state index in [1.54, 1.807) is 0 Å². The van der Waals surface area contributed by atoms with Crippen LogP contribution in [0, 0.1) is 17.7 Å². The fraction of sp³-hybridized carbons (Fsp3) is 0.438. The maximum absolute atomic E-state index is 13.3. The Morgan fingerprint density at radius 3 is 2.95 bits per heavy atom. The van der Waals surface area contributed by atoms with Crippen molar-refractivity contribution in [3.63, 3.8) is 0 Å². The maximum atomic E-state index is 13.3. The molecule has 2 rings (SSSR count). The van der Waals surface area contributed by atoms with E-state index in [9.17, 15) is 9.18 Å². The predicted molar refractivity (Wildman–Crippen MR) is 76.3 cm³/mol. The zero-order chi connectivity index (χ0) is 15.2. The summed E-state index contributed by atoms with van der Waals surface area (Å²) >= 11 is 0. The molecule has 21 heavy (non-hydrogen) atoms. The number of rotatable bonds is 4. The van der Waals surface area contributed by atoms with Crippen LogP contribution in [0.2, 0.25) is 0 Å². The van der Waals surface area contributed by atoms with Crippen molar-refractivity contribution in [1.29, 1.82) is 0 Å². The van der Waals surface area contributed by atoms with Gasteiger partial charge in [0.1, 0.15) is 12.4 Å². The average molecular weight is 291 g/mol. The molecule has 0 radical (unpaired) electrons. The molecule has 1 aromatic carbocycles. The number of hydrogen-bond acceptors (Lipinski definition) is 3. The number of amides is 1. The van der Waals surface area contributed by atoms with E-state index in [0.717, 1.165) is 18.9 Å². The Balaban J connectivity index is 2.03. The van der Waals surface area contributed by atoms with Gasteiger partial charge >= 0.3 is 0 Å². The second-order valence-electron chi connectivity index (χ2n) is 4.87. The van der Waals surface area contributed by atoms with Crippen LogP contribution in [-0.2, 0) is 4.74 Å². The molecule has 1 aromatic rings. The van der Waals surface area contributed by atoms with Gasteiger partial charge in [0.15, 0.2) is 0 Å². The van der Waals surface area contributed by atoms with Crippen molar-refractivity contribution in [1.82, 2.24) is 5.32 Å². The molecular formula is C16H18FNO3. The fourth-order valence-corrected chi connectivity index (χ4v) is 2.27. The van der Waals surface area contributed by atoms with Gasteiger partial charge in [0, 0.05) is 18.2 Å². The van der Waals surface area contributed by atoms with Crippen LogP contribution < -0.4 is 5.32 Å². The summed E-state index contributed by atoms with van der Waals surface area (Å²) in [6.07, 6.45) is 1.74. The van der Waals surface area contributed by atoms with Crippen LogP contribution in [-0.4, -0.2) is 36.4 Å². The number of aliphatic hydroxyl groups excluding tert-OH is 1. The van der Waals surface area contributed by atoms with E-state index in [0.29, 0.717) is 12.2 Å². The van der Waals surface area contributed by atoms with Gasteiger partial charge in [-0.2, -0.15) is 0 Å². The van der Waals surface area contributed by atoms with Crippen LogP contribution in [0.5, 0.6) is 0 Å². The van der Waals surface area contributed by atoms with Gasteiger partial charge in [0.2, 0.25) is 0 Å². The monoisotopic (exact) mass is 291 g/mol. The van der Waals surface area contributed by atoms with Crippen LogP contribution in [0.3, 0.4) is 0 Å².